The van der Waals surface area contributed by atoms with E-state index >= 15 is 0 Å². The fraction of sp³-hybridized carbons (Fsp3) is 0.688. The maximum Gasteiger partial charge on any atom is 0.0409 e. The number of pyridine rings is 1. The van der Waals surface area contributed by atoms with Gasteiger partial charge in [-0.25, -0.2) is 0 Å². The predicted octanol–water partition coefficient (Wildman–Crippen LogP) is 4.37. The van der Waals surface area contributed by atoms with Crippen LogP contribution in [0.2, 0.25) is 0 Å². The Bertz CT molecular complexity index is 345. The van der Waals surface area contributed by atoms with Crippen LogP contribution < -0.4 is 0 Å². The first-order valence-electron chi connectivity index (χ1n) is 7.29. The molecular weight excluding hydrogens is 206 g/mol. The van der Waals surface area contributed by atoms with E-state index in [1.165, 1.54) is 63.5 Å². The van der Waals surface area contributed by atoms with Gasteiger partial charge in [-0.3, -0.25) is 4.98 Å². The molecule has 0 aliphatic heterocycles. The van der Waals surface area contributed by atoms with Crippen LogP contribution in [-0.2, 0) is 6.42 Å². The molecule has 2 saturated carbocycles. The first-order chi connectivity index (χ1) is 8.39. The lowest BCUT2D eigenvalue weighted by Gasteiger charge is -2.35. The van der Waals surface area contributed by atoms with Crippen LogP contribution in [0.25, 0.3) is 0 Å². The van der Waals surface area contributed by atoms with E-state index in [1.807, 2.05) is 12.3 Å². The molecule has 0 unspecified atom stereocenters. The maximum atomic E-state index is 4.56. The third-order valence-electron chi connectivity index (χ3n) is 5.08. The highest BCUT2D eigenvalue weighted by molar-refractivity contribution is 5.09. The summed E-state index contributed by atoms with van der Waals surface area (Å²) >= 11 is 0. The van der Waals surface area contributed by atoms with Gasteiger partial charge in [-0.1, -0.05) is 31.7 Å². The Labute approximate surface area is 105 Å². The normalized spacial score (nSPS) is 24.2. The van der Waals surface area contributed by atoms with Crippen molar-refractivity contribution in [2.45, 2.75) is 57.8 Å². The van der Waals surface area contributed by atoms with Crippen molar-refractivity contribution in [1.29, 1.82) is 0 Å². The number of rotatable bonds is 3. The summed E-state index contributed by atoms with van der Waals surface area (Å²) < 4.78 is 0. The maximum absolute atomic E-state index is 4.56. The number of aromatic nitrogens is 1. The lowest BCUT2D eigenvalue weighted by atomic mass is 9.70. The molecule has 92 valence electrons. The summed E-state index contributed by atoms with van der Waals surface area (Å²) in [4.78, 5) is 4.56. The van der Waals surface area contributed by atoms with Crippen LogP contribution in [0.3, 0.4) is 0 Å². The van der Waals surface area contributed by atoms with Crippen LogP contribution in [0.15, 0.2) is 24.4 Å². The predicted molar refractivity (Wildman–Crippen MR) is 70.8 cm³/mol. The molecule has 0 radical (unpaired) electrons. The van der Waals surface area contributed by atoms with Gasteiger partial charge in [0.15, 0.2) is 0 Å². The van der Waals surface area contributed by atoms with Crippen LogP contribution in [-0.4, -0.2) is 4.98 Å². The van der Waals surface area contributed by atoms with Crippen LogP contribution in [0.5, 0.6) is 0 Å². The van der Waals surface area contributed by atoms with Gasteiger partial charge >= 0.3 is 0 Å². The van der Waals surface area contributed by atoms with Gasteiger partial charge in [-0.2, -0.15) is 0 Å². The number of hydrogen-bond donors (Lipinski definition) is 0. The SMILES string of the molecule is c1ccc(CC2(C3CCCC3)CCCC2)nc1. The van der Waals surface area contributed by atoms with Gasteiger partial charge in [0.05, 0.1) is 0 Å². The minimum atomic E-state index is 0.616. The van der Waals surface area contributed by atoms with E-state index in [4.69, 9.17) is 0 Å². The van der Waals surface area contributed by atoms with Crippen molar-refractivity contribution in [3.8, 4) is 0 Å². The first kappa shape index (κ1) is 11.3. The Kier molecular flexibility index (Phi) is 3.17. The van der Waals surface area contributed by atoms with E-state index in [1.54, 1.807) is 0 Å². The molecule has 0 bridgehead atoms. The molecule has 17 heavy (non-hydrogen) atoms. The molecule has 2 aliphatic carbocycles. The average molecular weight is 229 g/mol. The van der Waals surface area contributed by atoms with Crippen molar-refractivity contribution in [3.63, 3.8) is 0 Å². The monoisotopic (exact) mass is 229 g/mol. The largest absolute Gasteiger partial charge is 0.261 e. The molecule has 2 aliphatic rings. The van der Waals surface area contributed by atoms with Gasteiger partial charge < -0.3 is 0 Å². The minimum Gasteiger partial charge on any atom is -0.261 e. The van der Waals surface area contributed by atoms with Crippen LogP contribution in [0.1, 0.15) is 57.1 Å². The summed E-state index contributed by atoms with van der Waals surface area (Å²) in [6, 6.07) is 6.38. The Morgan fingerprint density at radius 2 is 1.82 bits per heavy atom. The van der Waals surface area contributed by atoms with Crippen molar-refractivity contribution >= 4 is 0 Å². The highest BCUT2D eigenvalue weighted by Gasteiger charge is 2.42. The molecule has 0 spiro atoms. The van der Waals surface area contributed by atoms with Crippen LogP contribution >= 0.6 is 0 Å². The quantitative estimate of drug-likeness (QED) is 0.749. The molecule has 3 rings (SSSR count). The Morgan fingerprint density at radius 3 is 2.47 bits per heavy atom. The summed E-state index contributed by atoms with van der Waals surface area (Å²) in [5, 5.41) is 0. The van der Waals surface area contributed by atoms with Crippen LogP contribution in [0, 0.1) is 11.3 Å². The third kappa shape index (κ3) is 2.25. The smallest absolute Gasteiger partial charge is 0.0409 e. The zero-order chi connectivity index (χ0) is 11.6. The molecule has 0 N–H and O–H groups in total. The third-order valence-corrected chi connectivity index (χ3v) is 5.08. The molecule has 0 atom stereocenters. The lowest BCUT2D eigenvalue weighted by Crippen LogP contribution is -2.28. The standard InChI is InChI=1S/C16H23N/c1-2-8-14(7-1)16(10-4-5-11-16)13-15-9-3-6-12-17-15/h3,6,9,12,14H,1-2,4-5,7-8,10-11,13H2. The Balaban J connectivity index is 1.80. The molecule has 0 aromatic carbocycles. The Morgan fingerprint density at radius 1 is 1.06 bits per heavy atom. The van der Waals surface area contributed by atoms with Gasteiger partial charge in [-0.15, -0.1) is 0 Å². The summed E-state index contributed by atoms with van der Waals surface area (Å²) in [7, 11) is 0. The number of nitrogens with zero attached hydrogens (tertiary/aromatic N) is 1. The molecule has 1 aromatic rings. The fourth-order valence-electron chi connectivity index (χ4n) is 4.21. The van der Waals surface area contributed by atoms with E-state index in [-0.39, 0.29) is 0 Å². The van der Waals surface area contributed by atoms with Crippen molar-refractivity contribution < 1.29 is 0 Å². The molecule has 1 heteroatoms. The molecular formula is C16H23N. The Hall–Kier alpha value is -0.850. The summed E-state index contributed by atoms with van der Waals surface area (Å²) in [5.74, 6) is 0.993. The second-order valence-electron chi connectivity index (χ2n) is 6.05. The fourth-order valence-corrected chi connectivity index (χ4v) is 4.21. The summed E-state index contributed by atoms with van der Waals surface area (Å²) in [6.45, 7) is 0. The highest BCUT2D eigenvalue weighted by atomic mass is 14.7. The average Bonchev–Trinajstić information content (AvgIpc) is 3.01. The zero-order valence-corrected chi connectivity index (χ0v) is 10.7. The summed E-state index contributed by atoms with van der Waals surface area (Å²) in [6.07, 6.45) is 14.9. The van der Waals surface area contributed by atoms with Crippen molar-refractivity contribution in [2.24, 2.45) is 11.3 Å². The molecule has 2 fully saturated rings. The van der Waals surface area contributed by atoms with Gasteiger partial charge in [-0.05, 0) is 55.6 Å². The number of hydrogen-bond acceptors (Lipinski definition) is 1. The van der Waals surface area contributed by atoms with Gasteiger partial charge in [0, 0.05) is 11.9 Å². The lowest BCUT2D eigenvalue weighted by molar-refractivity contribution is 0.166. The molecule has 1 aromatic heterocycles. The molecule has 0 saturated heterocycles. The van der Waals surface area contributed by atoms with E-state index < -0.39 is 0 Å². The molecule has 1 nitrogen and oxygen atoms in total. The summed E-state index contributed by atoms with van der Waals surface area (Å²) in [5.41, 5.74) is 1.94. The topological polar surface area (TPSA) is 12.9 Å². The van der Waals surface area contributed by atoms with Crippen LogP contribution in [0.4, 0.5) is 0 Å². The van der Waals surface area contributed by atoms with Crippen molar-refractivity contribution in [2.75, 3.05) is 0 Å². The van der Waals surface area contributed by atoms with Gasteiger partial charge in [0.1, 0.15) is 0 Å². The zero-order valence-electron chi connectivity index (χ0n) is 10.7. The van der Waals surface area contributed by atoms with Gasteiger partial charge in [0.2, 0.25) is 0 Å². The van der Waals surface area contributed by atoms with Gasteiger partial charge in [0.25, 0.3) is 0 Å². The first-order valence-corrected chi connectivity index (χ1v) is 7.29. The van der Waals surface area contributed by atoms with E-state index in [0.717, 1.165) is 5.92 Å². The van der Waals surface area contributed by atoms with Crippen molar-refractivity contribution in [1.82, 2.24) is 4.98 Å². The molecule has 0 amide bonds. The van der Waals surface area contributed by atoms with E-state index in [0.29, 0.717) is 5.41 Å². The van der Waals surface area contributed by atoms with Crippen molar-refractivity contribution in [3.05, 3.63) is 30.1 Å². The van der Waals surface area contributed by atoms with E-state index in [2.05, 4.69) is 17.1 Å². The second-order valence-corrected chi connectivity index (χ2v) is 6.05. The molecule has 1 heterocycles. The highest BCUT2D eigenvalue weighted by Crippen LogP contribution is 2.52. The van der Waals surface area contributed by atoms with E-state index in [9.17, 15) is 0 Å². The minimum absolute atomic E-state index is 0.616. The second kappa shape index (κ2) is 4.80.